The molecule has 0 spiro atoms. The lowest BCUT2D eigenvalue weighted by atomic mass is 9.46. The van der Waals surface area contributed by atoms with Crippen LogP contribution in [0.5, 0.6) is 0 Å². The molecule has 146 valence electrons. The number of aliphatic hydroxyl groups is 2. The summed E-state index contributed by atoms with van der Waals surface area (Å²) in [4.78, 5) is 24.2. The van der Waals surface area contributed by atoms with Crippen LogP contribution in [-0.4, -0.2) is 39.7 Å². The van der Waals surface area contributed by atoms with Crippen LogP contribution in [0.4, 0.5) is 4.39 Å². The average Bonchev–Trinajstić information content (AvgIpc) is 2.91. The lowest BCUT2D eigenvalue weighted by Crippen LogP contribution is -2.62. The summed E-state index contributed by atoms with van der Waals surface area (Å²) in [5.41, 5.74) is -4.34. The predicted molar refractivity (Wildman–Crippen MR) is 98.5 cm³/mol. The van der Waals surface area contributed by atoms with Gasteiger partial charge in [-0.05, 0) is 56.3 Å². The minimum Gasteiger partial charge on any atom is -0.388 e. The molecule has 0 saturated heterocycles. The Morgan fingerprint density at radius 1 is 1.26 bits per heavy atom. The Hall–Kier alpha value is -1.59. The molecule has 2 saturated carbocycles. The molecular weight excluding hydrogens is 347 g/mol. The second kappa shape index (κ2) is 5.48. The Balaban J connectivity index is 1.86. The quantitative estimate of drug-likeness (QED) is 0.729. The van der Waals surface area contributed by atoms with Crippen LogP contribution in [0, 0.1) is 28.6 Å². The molecular formula is C22H27FO4. The van der Waals surface area contributed by atoms with Gasteiger partial charge in [-0.3, -0.25) is 9.59 Å². The summed E-state index contributed by atoms with van der Waals surface area (Å²) in [7, 11) is 0. The van der Waals surface area contributed by atoms with Crippen LogP contribution in [0.1, 0.15) is 40.0 Å². The molecule has 0 bridgehead atoms. The second-order valence-electron chi connectivity index (χ2n) is 9.25. The maximum Gasteiger partial charge on any atom is 0.190 e. The minimum atomic E-state index is -1.68. The normalized spacial score (nSPS) is 50.7. The van der Waals surface area contributed by atoms with E-state index in [-0.39, 0.29) is 30.0 Å². The van der Waals surface area contributed by atoms with Crippen LogP contribution in [0.15, 0.2) is 36.0 Å². The van der Waals surface area contributed by atoms with Gasteiger partial charge in [0.05, 0.1) is 0 Å². The van der Waals surface area contributed by atoms with Gasteiger partial charge in [0.2, 0.25) is 0 Å². The topological polar surface area (TPSA) is 74.6 Å². The number of allylic oxidation sites excluding steroid dienone is 5. The van der Waals surface area contributed by atoms with Crippen molar-refractivity contribution in [2.75, 3.05) is 6.61 Å². The standard InChI is InChI=1S/C22H27FO4/c1-13-10-17-15-5-7-22(27,18(26)12-24)20(15,3)8-9-21(17,23)19(2)6-4-14(25)11-16(13)19/h4,6,8-9,11,13,15,17,24,27H,5,7,10,12H2,1-3H3/t13?,15-,17-,19-,20-,21+,22-/m0/s1. The lowest BCUT2D eigenvalue weighted by Gasteiger charge is -2.59. The molecule has 5 heteroatoms. The summed E-state index contributed by atoms with van der Waals surface area (Å²) in [6, 6.07) is 0. The largest absolute Gasteiger partial charge is 0.388 e. The summed E-state index contributed by atoms with van der Waals surface area (Å²) in [6.45, 7) is 4.96. The van der Waals surface area contributed by atoms with Crippen LogP contribution in [0.2, 0.25) is 0 Å². The molecule has 2 fully saturated rings. The number of Topliss-reactive ketones (excluding diaryl/α,β-unsaturated/α-hetero) is 1. The molecule has 0 aromatic heterocycles. The molecule has 0 heterocycles. The van der Waals surface area contributed by atoms with Crippen molar-refractivity contribution in [1.29, 1.82) is 0 Å². The number of alkyl halides is 1. The fourth-order valence-corrected chi connectivity index (χ4v) is 6.50. The van der Waals surface area contributed by atoms with E-state index in [0.717, 1.165) is 5.57 Å². The zero-order chi connectivity index (χ0) is 19.8. The number of carbonyl (C=O) groups is 2. The van der Waals surface area contributed by atoms with Crippen LogP contribution < -0.4 is 0 Å². The Bertz CT molecular complexity index is 813. The summed E-state index contributed by atoms with van der Waals surface area (Å²) >= 11 is 0. The third kappa shape index (κ3) is 2.05. The Morgan fingerprint density at radius 3 is 2.63 bits per heavy atom. The number of ketones is 2. The Morgan fingerprint density at radius 2 is 1.96 bits per heavy atom. The maximum absolute atomic E-state index is 16.7. The van der Waals surface area contributed by atoms with Crippen molar-refractivity contribution in [1.82, 2.24) is 0 Å². The molecule has 27 heavy (non-hydrogen) atoms. The predicted octanol–water partition coefficient (Wildman–Crippen LogP) is 2.70. The molecule has 4 aliphatic carbocycles. The van der Waals surface area contributed by atoms with Crippen molar-refractivity contribution in [3.8, 4) is 0 Å². The van der Waals surface area contributed by atoms with Gasteiger partial charge in [-0.25, -0.2) is 4.39 Å². The third-order valence-corrected chi connectivity index (χ3v) is 8.19. The summed E-state index contributed by atoms with van der Waals surface area (Å²) in [5, 5.41) is 20.5. The van der Waals surface area contributed by atoms with Gasteiger partial charge < -0.3 is 10.2 Å². The van der Waals surface area contributed by atoms with E-state index in [1.165, 1.54) is 12.2 Å². The van der Waals surface area contributed by atoms with Gasteiger partial charge in [-0.2, -0.15) is 0 Å². The highest BCUT2D eigenvalue weighted by Gasteiger charge is 2.69. The van der Waals surface area contributed by atoms with Gasteiger partial charge in [0, 0.05) is 16.7 Å². The first kappa shape index (κ1) is 18.8. The SMILES string of the molecule is CC1C[C@H]2[C@@H]3CC[C@](O)(C(=O)CO)[C@@]3(C)C=C[C@]2(F)[C@@]2(C)C=CC(=O)C=C12. The van der Waals surface area contributed by atoms with Crippen molar-refractivity contribution < 1.29 is 24.2 Å². The van der Waals surface area contributed by atoms with Gasteiger partial charge in [0.25, 0.3) is 0 Å². The molecule has 4 aliphatic rings. The van der Waals surface area contributed by atoms with Crippen molar-refractivity contribution in [3.05, 3.63) is 36.0 Å². The molecule has 0 aromatic carbocycles. The van der Waals surface area contributed by atoms with E-state index in [1.54, 1.807) is 18.2 Å². The monoisotopic (exact) mass is 374 g/mol. The van der Waals surface area contributed by atoms with E-state index in [4.69, 9.17) is 0 Å². The molecule has 0 amide bonds. The van der Waals surface area contributed by atoms with Gasteiger partial charge in [-0.15, -0.1) is 0 Å². The number of rotatable bonds is 2. The second-order valence-corrected chi connectivity index (χ2v) is 9.25. The summed E-state index contributed by atoms with van der Waals surface area (Å²) in [6.07, 6.45) is 9.22. The van der Waals surface area contributed by atoms with Gasteiger partial charge >= 0.3 is 0 Å². The number of halogens is 1. The first-order chi connectivity index (χ1) is 12.5. The summed E-state index contributed by atoms with van der Waals surface area (Å²) < 4.78 is 16.7. The number of aliphatic hydroxyl groups excluding tert-OH is 1. The lowest BCUT2D eigenvalue weighted by molar-refractivity contribution is -0.154. The average molecular weight is 374 g/mol. The van der Waals surface area contributed by atoms with E-state index >= 15 is 4.39 Å². The highest BCUT2D eigenvalue weighted by atomic mass is 19.1. The molecule has 0 radical (unpaired) electrons. The number of hydrogen-bond donors (Lipinski definition) is 2. The van der Waals surface area contributed by atoms with Crippen LogP contribution in [-0.2, 0) is 9.59 Å². The van der Waals surface area contributed by atoms with Crippen LogP contribution >= 0.6 is 0 Å². The van der Waals surface area contributed by atoms with E-state index < -0.39 is 34.5 Å². The van der Waals surface area contributed by atoms with Crippen molar-refractivity contribution in [3.63, 3.8) is 0 Å². The van der Waals surface area contributed by atoms with E-state index in [1.807, 2.05) is 20.8 Å². The fourth-order valence-electron chi connectivity index (χ4n) is 6.50. The Kier molecular flexibility index (Phi) is 3.81. The highest BCUT2D eigenvalue weighted by Crippen LogP contribution is 2.68. The molecule has 0 aromatic rings. The van der Waals surface area contributed by atoms with Crippen molar-refractivity contribution in [2.24, 2.45) is 28.6 Å². The molecule has 1 unspecified atom stereocenters. The fraction of sp³-hybridized carbons (Fsp3) is 0.636. The van der Waals surface area contributed by atoms with Crippen molar-refractivity contribution in [2.45, 2.75) is 51.3 Å². The molecule has 0 aliphatic heterocycles. The first-order valence-corrected chi connectivity index (χ1v) is 9.74. The van der Waals surface area contributed by atoms with Gasteiger partial charge in [-0.1, -0.05) is 31.6 Å². The Labute approximate surface area is 158 Å². The zero-order valence-corrected chi connectivity index (χ0v) is 16.0. The molecule has 2 N–H and O–H groups in total. The number of carbonyl (C=O) groups excluding carboxylic acids is 2. The van der Waals surface area contributed by atoms with E-state index in [0.29, 0.717) is 12.8 Å². The molecule has 7 atom stereocenters. The third-order valence-electron chi connectivity index (χ3n) is 8.19. The van der Waals surface area contributed by atoms with Crippen LogP contribution in [0.3, 0.4) is 0 Å². The molecule has 4 rings (SSSR count). The van der Waals surface area contributed by atoms with Crippen LogP contribution in [0.25, 0.3) is 0 Å². The van der Waals surface area contributed by atoms with E-state index in [9.17, 15) is 19.8 Å². The highest BCUT2D eigenvalue weighted by molar-refractivity contribution is 6.01. The smallest absolute Gasteiger partial charge is 0.190 e. The number of fused-ring (bicyclic) bond motifs is 5. The zero-order valence-electron chi connectivity index (χ0n) is 16.0. The summed E-state index contributed by atoms with van der Waals surface area (Å²) in [5.74, 6) is -1.24. The molecule has 4 nitrogen and oxygen atoms in total. The number of hydrogen-bond acceptors (Lipinski definition) is 4. The van der Waals surface area contributed by atoms with E-state index in [2.05, 4.69) is 0 Å². The van der Waals surface area contributed by atoms with Gasteiger partial charge in [0.1, 0.15) is 17.9 Å². The van der Waals surface area contributed by atoms with Crippen molar-refractivity contribution >= 4 is 11.6 Å². The first-order valence-electron chi connectivity index (χ1n) is 9.74. The maximum atomic E-state index is 16.7. The minimum absolute atomic E-state index is 0.0377. The van der Waals surface area contributed by atoms with Gasteiger partial charge in [0.15, 0.2) is 11.6 Å².